The quantitative estimate of drug-likeness (QED) is 0.311. The van der Waals surface area contributed by atoms with Gasteiger partial charge in [-0.15, -0.1) is 0 Å². The van der Waals surface area contributed by atoms with Crippen LogP contribution < -0.4 is 21.6 Å². The Kier molecular flexibility index (Phi) is 7.77. The van der Waals surface area contributed by atoms with Crippen molar-refractivity contribution >= 4 is 40.4 Å². The number of anilines is 1. The van der Waals surface area contributed by atoms with Crippen LogP contribution in [0.2, 0.25) is 0 Å². The Morgan fingerprint density at radius 1 is 1.00 bits per heavy atom. The summed E-state index contributed by atoms with van der Waals surface area (Å²) in [5.74, 6) is -1.15. The van der Waals surface area contributed by atoms with E-state index in [-0.39, 0.29) is 50.7 Å². The second-order valence-electron chi connectivity index (χ2n) is 10.8. The van der Waals surface area contributed by atoms with Gasteiger partial charge in [-0.3, -0.25) is 19.3 Å². The molecule has 5 rings (SSSR count). The first kappa shape index (κ1) is 28.8. The first-order chi connectivity index (χ1) is 20.1. The van der Waals surface area contributed by atoms with E-state index in [1.807, 2.05) is 25.1 Å². The Morgan fingerprint density at radius 3 is 2.26 bits per heavy atom. The van der Waals surface area contributed by atoms with Gasteiger partial charge >= 0.3 is 11.7 Å². The number of urea groups is 1. The van der Waals surface area contributed by atoms with Crippen molar-refractivity contribution in [2.75, 3.05) is 37.6 Å². The molecular formula is C31H35N5O6. The van der Waals surface area contributed by atoms with Gasteiger partial charge in [0.05, 0.1) is 0 Å². The molecule has 2 aliphatic rings. The van der Waals surface area contributed by atoms with E-state index in [1.165, 1.54) is 12.1 Å². The molecule has 3 N–H and O–H groups in total. The molecular weight excluding hydrogens is 538 g/mol. The number of nitrogens with two attached hydrogens (primary N) is 1. The van der Waals surface area contributed by atoms with Gasteiger partial charge in [-0.25, -0.2) is 9.59 Å². The van der Waals surface area contributed by atoms with Crippen LogP contribution in [0.4, 0.5) is 10.5 Å². The largest absolute Gasteiger partial charge is 0.422 e. The van der Waals surface area contributed by atoms with Crippen LogP contribution in [0.1, 0.15) is 58.5 Å². The van der Waals surface area contributed by atoms with Gasteiger partial charge < -0.3 is 25.3 Å². The summed E-state index contributed by atoms with van der Waals surface area (Å²) >= 11 is 0. The highest BCUT2D eigenvalue weighted by Gasteiger charge is 2.52. The average Bonchev–Trinajstić information content (AvgIpc) is 3.21. The third kappa shape index (κ3) is 5.10. The molecule has 0 saturated carbocycles. The summed E-state index contributed by atoms with van der Waals surface area (Å²) in [5.41, 5.74) is 7.10. The zero-order valence-electron chi connectivity index (χ0n) is 24.1. The maximum absolute atomic E-state index is 13.5. The number of nitrogens with zero attached hydrogens (tertiary/aromatic N) is 3. The number of piperidine rings is 1. The maximum Gasteiger partial charge on any atom is 0.339 e. The van der Waals surface area contributed by atoms with Crippen LogP contribution in [-0.2, 0) is 11.2 Å². The molecule has 2 aromatic carbocycles. The van der Waals surface area contributed by atoms with Crippen LogP contribution in [0.3, 0.4) is 0 Å². The predicted octanol–water partition coefficient (Wildman–Crippen LogP) is 2.82. The van der Waals surface area contributed by atoms with E-state index < -0.39 is 23.1 Å². The lowest BCUT2D eigenvalue weighted by Crippen LogP contribution is -2.55. The summed E-state index contributed by atoms with van der Waals surface area (Å²) in [4.78, 5) is 68.6. The van der Waals surface area contributed by atoms with Crippen molar-refractivity contribution < 1.29 is 23.6 Å². The number of primary amides is 1. The first-order valence-electron chi connectivity index (χ1n) is 14.2. The number of amides is 5. The van der Waals surface area contributed by atoms with E-state index in [0.29, 0.717) is 22.3 Å². The monoisotopic (exact) mass is 573 g/mol. The van der Waals surface area contributed by atoms with Crippen LogP contribution in [0, 0.1) is 6.92 Å². The van der Waals surface area contributed by atoms with Crippen LogP contribution in [0.25, 0.3) is 11.0 Å². The molecule has 5 amide bonds. The summed E-state index contributed by atoms with van der Waals surface area (Å²) in [6, 6.07) is 11.4. The van der Waals surface area contributed by atoms with Crippen LogP contribution in [0.15, 0.2) is 51.7 Å². The number of hydrogen-bond acceptors (Lipinski definition) is 7. The first-order valence-corrected chi connectivity index (χ1v) is 14.2. The molecule has 220 valence electrons. The van der Waals surface area contributed by atoms with Gasteiger partial charge in [0.1, 0.15) is 11.1 Å². The summed E-state index contributed by atoms with van der Waals surface area (Å²) in [7, 11) is 0. The molecule has 0 bridgehead atoms. The van der Waals surface area contributed by atoms with Gasteiger partial charge in [-0.2, -0.15) is 0 Å². The topological polar surface area (TPSA) is 146 Å². The lowest BCUT2D eigenvalue weighted by molar-refractivity contribution is -0.132. The lowest BCUT2D eigenvalue weighted by atomic mass is 9.87. The number of aryl methyl sites for hydroxylation is 1. The smallest absolute Gasteiger partial charge is 0.339 e. The van der Waals surface area contributed by atoms with E-state index in [1.54, 1.807) is 17.0 Å². The minimum Gasteiger partial charge on any atom is -0.422 e. The fourth-order valence-electron chi connectivity index (χ4n) is 5.95. The highest BCUT2D eigenvalue weighted by Crippen LogP contribution is 2.31. The molecule has 2 fully saturated rings. The molecule has 0 aliphatic carbocycles. The average molecular weight is 574 g/mol. The number of carbonyl (C=O) groups is 4. The molecule has 2 aliphatic heterocycles. The molecule has 42 heavy (non-hydrogen) atoms. The molecule has 11 nitrogen and oxygen atoms in total. The van der Waals surface area contributed by atoms with Gasteiger partial charge in [0.15, 0.2) is 0 Å². The van der Waals surface area contributed by atoms with Crippen molar-refractivity contribution in [3.63, 3.8) is 0 Å². The van der Waals surface area contributed by atoms with Gasteiger partial charge in [-0.05, 0) is 82.0 Å². The fourth-order valence-corrected chi connectivity index (χ4v) is 5.95. The number of nitrogens with one attached hydrogen (secondary N) is 1. The Hall–Kier alpha value is -4.67. The number of benzene rings is 2. The maximum atomic E-state index is 13.5. The summed E-state index contributed by atoms with van der Waals surface area (Å²) in [5, 5.41) is 3.67. The number of rotatable bonds is 8. The Balaban J connectivity index is 1.26. The SMILES string of the molecule is CCN(CC)c1ccc2c(C)c(CCN3C(=O)NC4(CCN(C(=O)c5ccc(C(N)=O)cc5)CC4)C3=O)c(=O)oc2c1. The van der Waals surface area contributed by atoms with E-state index in [0.717, 1.165) is 34.6 Å². The van der Waals surface area contributed by atoms with Crippen molar-refractivity contribution in [3.05, 3.63) is 75.1 Å². The molecule has 0 radical (unpaired) electrons. The molecule has 2 saturated heterocycles. The molecule has 3 heterocycles. The molecule has 1 spiro atoms. The summed E-state index contributed by atoms with van der Waals surface area (Å²) < 4.78 is 5.67. The van der Waals surface area contributed by atoms with Crippen molar-refractivity contribution in [2.24, 2.45) is 5.73 Å². The minimum absolute atomic E-state index is 0.0376. The molecule has 0 atom stereocenters. The van der Waals surface area contributed by atoms with Gasteiger partial charge in [0, 0.05) is 66.6 Å². The van der Waals surface area contributed by atoms with Gasteiger partial charge in [0.2, 0.25) is 5.91 Å². The predicted molar refractivity (Wildman–Crippen MR) is 158 cm³/mol. The third-order valence-corrected chi connectivity index (χ3v) is 8.55. The van der Waals surface area contributed by atoms with Crippen molar-refractivity contribution in [2.45, 2.75) is 45.6 Å². The van der Waals surface area contributed by atoms with Gasteiger partial charge in [0.25, 0.3) is 11.8 Å². The van der Waals surface area contributed by atoms with Crippen molar-refractivity contribution in [1.82, 2.24) is 15.1 Å². The Labute approximate surface area is 243 Å². The third-order valence-electron chi connectivity index (χ3n) is 8.55. The zero-order valence-corrected chi connectivity index (χ0v) is 24.1. The number of fused-ring (bicyclic) bond motifs is 1. The van der Waals surface area contributed by atoms with Crippen LogP contribution >= 0.6 is 0 Å². The van der Waals surface area contributed by atoms with E-state index in [2.05, 4.69) is 24.1 Å². The Bertz CT molecular complexity index is 1620. The second kappa shape index (κ2) is 11.3. The lowest BCUT2D eigenvalue weighted by Gasteiger charge is -2.37. The van der Waals surface area contributed by atoms with Crippen LogP contribution in [0.5, 0.6) is 0 Å². The summed E-state index contributed by atoms with van der Waals surface area (Å²) in [6.45, 7) is 8.24. The number of hydrogen-bond donors (Lipinski definition) is 2. The standard InChI is InChI=1S/C31H35N5O6/c1-4-34(5-2)22-10-11-23-19(3)24(28(39)42-25(23)18-22)12-15-36-29(40)31(33-30(36)41)13-16-35(17-14-31)27(38)21-8-6-20(7-9-21)26(32)37/h6-11,18H,4-5,12-17H2,1-3H3,(H2,32,37)(H,33,41). The van der Waals surface area contributed by atoms with E-state index >= 15 is 0 Å². The summed E-state index contributed by atoms with van der Waals surface area (Å²) in [6.07, 6.45) is 0.708. The van der Waals surface area contributed by atoms with Crippen LogP contribution in [-0.4, -0.2) is 71.8 Å². The van der Waals surface area contributed by atoms with Crippen molar-refractivity contribution in [1.29, 1.82) is 0 Å². The van der Waals surface area contributed by atoms with E-state index in [9.17, 15) is 24.0 Å². The highest BCUT2D eigenvalue weighted by atomic mass is 16.4. The minimum atomic E-state index is -1.09. The number of imide groups is 1. The number of likely N-dealkylation sites (tertiary alicyclic amines) is 1. The van der Waals surface area contributed by atoms with Gasteiger partial charge in [-0.1, -0.05) is 0 Å². The molecule has 1 aromatic heterocycles. The van der Waals surface area contributed by atoms with Crippen molar-refractivity contribution in [3.8, 4) is 0 Å². The molecule has 0 unspecified atom stereocenters. The zero-order chi connectivity index (χ0) is 30.2. The second-order valence-corrected chi connectivity index (χ2v) is 10.8. The number of carbonyl (C=O) groups excluding carboxylic acids is 4. The molecule has 3 aromatic rings. The highest BCUT2D eigenvalue weighted by molar-refractivity contribution is 6.07. The fraction of sp³-hybridized carbons (Fsp3) is 0.387. The Morgan fingerprint density at radius 2 is 1.64 bits per heavy atom. The molecule has 11 heteroatoms. The van der Waals surface area contributed by atoms with E-state index in [4.69, 9.17) is 10.2 Å². The normalized spacial score (nSPS) is 16.3.